The molecule has 3 N–H and O–H groups in total. The van der Waals surface area contributed by atoms with Crippen LogP contribution < -0.4 is 16.0 Å². The van der Waals surface area contributed by atoms with Crippen molar-refractivity contribution in [2.45, 2.75) is 6.42 Å². The number of hydroxylamine groups is 1. The topological polar surface area (TPSA) is 90.7 Å². The fraction of sp³-hybridized carbons (Fsp3) is 0.273. The van der Waals surface area contributed by atoms with Gasteiger partial charge < -0.3 is 10.5 Å². The van der Waals surface area contributed by atoms with E-state index in [0.29, 0.717) is 5.75 Å². The number of methoxy groups -OCH3 is 1. The second kappa shape index (κ2) is 6.49. The summed E-state index contributed by atoms with van der Waals surface area (Å²) in [5.74, 6) is -0.334. The SMILES string of the molecule is COc1cccc(CC(=O)NOCC(N)=O)c1. The molecule has 0 saturated heterocycles. The first-order chi connectivity index (χ1) is 8.11. The highest BCUT2D eigenvalue weighted by molar-refractivity contribution is 5.78. The van der Waals surface area contributed by atoms with Gasteiger partial charge in [0.25, 0.3) is 0 Å². The Balaban J connectivity index is 2.42. The Morgan fingerprint density at radius 1 is 1.41 bits per heavy atom. The average Bonchev–Trinajstić information content (AvgIpc) is 2.28. The summed E-state index contributed by atoms with van der Waals surface area (Å²) in [7, 11) is 1.55. The van der Waals surface area contributed by atoms with Gasteiger partial charge >= 0.3 is 0 Å². The van der Waals surface area contributed by atoms with Crippen molar-refractivity contribution < 1.29 is 19.2 Å². The number of rotatable bonds is 6. The third-order valence-corrected chi connectivity index (χ3v) is 1.90. The number of benzene rings is 1. The number of nitrogens with two attached hydrogens (primary N) is 1. The first kappa shape index (κ1) is 13.0. The molecule has 17 heavy (non-hydrogen) atoms. The predicted octanol–water partition coefficient (Wildman–Crippen LogP) is -0.229. The number of carbonyl (C=O) groups excluding carboxylic acids is 2. The van der Waals surface area contributed by atoms with Gasteiger partial charge in [-0.1, -0.05) is 12.1 Å². The quantitative estimate of drug-likeness (QED) is 0.670. The zero-order valence-electron chi connectivity index (χ0n) is 9.43. The number of carbonyl (C=O) groups is 2. The summed E-state index contributed by atoms with van der Waals surface area (Å²) >= 11 is 0. The van der Waals surface area contributed by atoms with Gasteiger partial charge in [0, 0.05) is 0 Å². The van der Waals surface area contributed by atoms with Crippen molar-refractivity contribution in [2.75, 3.05) is 13.7 Å². The standard InChI is InChI=1S/C11H14N2O4/c1-16-9-4-2-3-8(5-9)6-11(15)13-17-7-10(12)14/h2-5H,6-7H2,1H3,(H2,12,14)(H,13,15). The molecule has 0 spiro atoms. The predicted molar refractivity (Wildman–Crippen MR) is 60.0 cm³/mol. The minimum absolute atomic E-state index is 0.135. The molecule has 0 saturated carbocycles. The third kappa shape index (κ3) is 4.98. The molecule has 0 aromatic heterocycles. The fourth-order valence-corrected chi connectivity index (χ4v) is 1.19. The Bertz CT molecular complexity index is 406. The van der Waals surface area contributed by atoms with Gasteiger partial charge in [0.1, 0.15) is 5.75 Å². The monoisotopic (exact) mass is 238 g/mol. The van der Waals surface area contributed by atoms with E-state index >= 15 is 0 Å². The maximum Gasteiger partial charge on any atom is 0.247 e. The van der Waals surface area contributed by atoms with Gasteiger partial charge in [0.05, 0.1) is 13.5 Å². The number of hydrogen-bond acceptors (Lipinski definition) is 4. The molecule has 6 heteroatoms. The summed E-state index contributed by atoms with van der Waals surface area (Å²) in [6.45, 7) is -0.343. The minimum Gasteiger partial charge on any atom is -0.497 e. The van der Waals surface area contributed by atoms with Crippen molar-refractivity contribution in [1.29, 1.82) is 0 Å². The first-order valence-corrected chi connectivity index (χ1v) is 4.93. The number of ether oxygens (including phenoxy) is 1. The molecule has 0 radical (unpaired) electrons. The van der Waals surface area contributed by atoms with Gasteiger partial charge in [-0.05, 0) is 17.7 Å². The smallest absolute Gasteiger partial charge is 0.247 e. The number of hydrogen-bond donors (Lipinski definition) is 2. The van der Waals surface area contributed by atoms with Crippen LogP contribution in [0.15, 0.2) is 24.3 Å². The van der Waals surface area contributed by atoms with E-state index < -0.39 is 5.91 Å². The molecule has 0 aliphatic heterocycles. The van der Waals surface area contributed by atoms with Crippen LogP contribution in [0.4, 0.5) is 0 Å². The average molecular weight is 238 g/mol. The molecule has 0 bridgehead atoms. The molecule has 1 aromatic rings. The lowest BCUT2D eigenvalue weighted by Gasteiger charge is -2.05. The van der Waals surface area contributed by atoms with E-state index in [1.165, 1.54) is 0 Å². The van der Waals surface area contributed by atoms with Crippen LogP contribution in [0, 0.1) is 0 Å². The Morgan fingerprint density at radius 2 is 2.18 bits per heavy atom. The van der Waals surface area contributed by atoms with E-state index in [1.807, 2.05) is 0 Å². The van der Waals surface area contributed by atoms with Crippen LogP contribution in [0.5, 0.6) is 5.75 Å². The Hall–Kier alpha value is -2.08. The molecule has 0 unspecified atom stereocenters. The van der Waals surface area contributed by atoms with E-state index in [-0.39, 0.29) is 18.9 Å². The van der Waals surface area contributed by atoms with Crippen molar-refractivity contribution in [3.63, 3.8) is 0 Å². The molecule has 1 aromatic carbocycles. The highest BCUT2D eigenvalue weighted by atomic mass is 16.7. The largest absolute Gasteiger partial charge is 0.497 e. The lowest BCUT2D eigenvalue weighted by molar-refractivity contribution is -0.137. The minimum atomic E-state index is -0.647. The summed E-state index contributed by atoms with van der Waals surface area (Å²) in [6, 6.07) is 7.10. The van der Waals surface area contributed by atoms with Crippen LogP contribution in [0.1, 0.15) is 5.56 Å². The normalized spacial score (nSPS) is 9.71. The van der Waals surface area contributed by atoms with Crippen LogP contribution in [0.3, 0.4) is 0 Å². The van der Waals surface area contributed by atoms with E-state index in [4.69, 9.17) is 10.5 Å². The maximum absolute atomic E-state index is 11.4. The number of amides is 2. The first-order valence-electron chi connectivity index (χ1n) is 4.93. The second-order valence-corrected chi connectivity index (χ2v) is 3.31. The van der Waals surface area contributed by atoms with Gasteiger partial charge in [-0.25, -0.2) is 5.48 Å². The van der Waals surface area contributed by atoms with Crippen molar-refractivity contribution in [3.05, 3.63) is 29.8 Å². The lowest BCUT2D eigenvalue weighted by atomic mass is 10.1. The number of primary amides is 1. The molecule has 2 amide bonds. The zero-order chi connectivity index (χ0) is 12.7. The van der Waals surface area contributed by atoms with Gasteiger partial charge in [-0.2, -0.15) is 0 Å². The summed E-state index contributed by atoms with van der Waals surface area (Å²) in [5.41, 5.74) is 7.74. The molecular weight excluding hydrogens is 224 g/mol. The molecule has 0 fully saturated rings. The fourth-order valence-electron chi connectivity index (χ4n) is 1.19. The summed E-state index contributed by atoms with van der Waals surface area (Å²) in [6.07, 6.45) is 0.135. The molecule has 0 heterocycles. The summed E-state index contributed by atoms with van der Waals surface area (Å²) in [4.78, 5) is 26.3. The van der Waals surface area contributed by atoms with Crippen LogP contribution in [-0.4, -0.2) is 25.5 Å². The lowest BCUT2D eigenvalue weighted by Crippen LogP contribution is -2.30. The van der Waals surface area contributed by atoms with E-state index in [9.17, 15) is 9.59 Å². The van der Waals surface area contributed by atoms with Crippen LogP contribution in [-0.2, 0) is 20.8 Å². The molecule has 92 valence electrons. The van der Waals surface area contributed by atoms with Crippen LogP contribution in [0.2, 0.25) is 0 Å². The summed E-state index contributed by atoms with van der Waals surface area (Å²) in [5, 5.41) is 0. The molecule has 0 atom stereocenters. The summed E-state index contributed by atoms with van der Waals surface area (Å²) < 4.78 is 5.02. The molecule has 6 nitrogen and oxygen atoms in total. The third-order valence-electron chi connectivity index (χ3n) is 1.90. The van der Waals surface area contributed by atoms with Crippen LogP contribution >= 0.6 is 0 Å². The van der Waals surface area contributed by atoms with Gasteiger partial charge in [-0.3, -0.25) is 14.4 Å². The van der Waals surface area contributed by atoms with Gasteiger partial charge in [0.15, 0.2) is 6.61 Å². The molecule has 0 aliphatic carbocycles. The second-order valence-electron chi connectivity index (χ2n) is 3.31. The Morgan fingerprint density at radius 3 is 2.82 bits per heavy atom. The highest BCUT2D eigenvalue weighted by Gasteiger charge is 2.05. The zero-order valence-corrected chi connectivity index (χ0v) is 9.43. The van der Waals surface area contributed by atoms with Crippen molar-refractivity contribution in [2.24, 2.45) is 5.73 Å². The maximum atomic E-state index is 11.4. The molecular formula is C11H14N2O4. The van der Waals surface area contributed by atoms with E-state index in [0.717, 1.165) is 5.56 Å². The Kier molecular flexibility index (Phi) is 4.96. The van der Waals surface area contributed by atoms with Crippen molar-refractivity contribution >= 4 is 11.8 Å². The highest BCUT2D eigenvalue weighted by Crippen LogP contribution is 2.12. The van der Waals surface area contributed by atoms with Gasteiger partial charge in [0.2, 0.25) is 11.8 Å². The molecule has 0 aliphatic rings. The molecule has 1 rings (SSSR count). The Labute approximate surface area is 98.7 Å². The number of nitrogens with one attached hydrogen (secondary N) is 1. The van der Waals surface area contributed by atoms with Crippen molar-refractivity contribution in [1.82, 2.24) is 5.48 Å². The van der Waals surface area contributed by atoms with Crippen molar-refractivity contribution in [3.8, 4) is 5.75 Å². The van der Waals surface area contributed by atoms with Gasteiger partial charge in [-0.15, -0.1) is 0 Å². The van der Waals surface area contributed by atoms with E-state index in [1.54, 1.807) is 31.4 Å². The van der Waals surface area contributed by atoms with E-state index in [2.05, 4.69) is 10.3 Å². The van der Waals surface area contributed by atoms with Crippen LogP contribution in [0.25, 0.3) is 0 Å².